The van der Waals surface area contributed by atoms with Crippen molar-refractivity contribution in [1.82, 2.24) is 9.80 Å². The molecule has 4 heteroatoms. The molecule has 1 fully saturated rings. The molecule has 4 nitrogen and oxygen atoms in total. The SMILES string of the molecule is CCN1CCN(C)C(CC(=O)OC)C1. The minimum absolute atomic E-state index is 0.111. The van der Waals surface area contributed by atoms with Gasteiger partial charge in [-0.25, -0.2) is 0 Å². The molecule has 1 aliphatic heterocycles. The van der Waals surface area contributed by atoms with Gasteiger partial charge in [0.25, 0.3) is 0 Å². The normalized spacial score (nSPS) is 24.9. The number of hydrogen-bond acceptors (Lipinski definition) is 4. The zero-order valence-corrected chi connectivity index (χ0v) is 9.32. The number of hydrogen-bond donors (Lipinski definition) is 0. The Morgan fingerprint density at radius 1 is 1.50 bits per heavy atom. The van der Waals surface area contributed by atoms with Gasteiger partial charge in [-0.3, -0.25) is 4.79 Å². The Bertz CT molecular complexity index is 197. The molecule has 0 aromatic heterocycles. The molecule has 0 saturated carbocycles. The van der Waals surface area contributed by atoms with Crippen LogP contribution in [0.1, 0.15) is 13.3 Å². The van der Waals surface area contributed by atoms with E-state index in [1.54, 1.807) is 0 Å². The van der Waals surface area contributed by atoms with E-state index in [1.807, 2.05) is 0 Å². The second kappa shape index (κ2) is 5.32. The predicted molar refractivity (Wildman–Crippen MR) is 55.2 cm³/mol. The third-order valence-electron chi connectivity index (χ3n) is 2.94. The molecule has 0 aromatic carbocycles. The number of carbonyl (C=O) groups is 1. The molecule has 82 valence electrons. The van der Waals surface area contributed by atoms with Crippen molar-refractivity contribution in [3.8, 4) is 0 Å². The van der Waals surface area contributed by atoms with Crippen molar-refractivity contribution in [2.75, 3.05) is 40.3 Å². The first-order valence-electron chi connectivity index (χ1n) is 5.16. The van der Waals surface area contributed by atoms with Gasteiger partial charge < -0.3 is 14.5 Å². The van der Waals surface area contributed by atoms with Crippen LogP contribution >= 0.6 is 0 Å². The molecule has 1 atom stereocenters. The van der Waals surface area contributed by atoms with E-state index in [1.165, 1.54) is 7.11 Å². The van der Waals surface area contributed by atoms with Gasteiger partial charge in [0, 0.05) is 25.7 Å². The van der Waals surface area contributed by atoms with Gasteiger partial charge in [0.2, 0.25) is 0 Å². The Morgan fingerprint density at radius 2 is 2.21 bits per heavy atom. The first-order valence-corrected chi connectivity index (χ1v) is 5.16. The standard InChI is InChI=1S/C10H20N2O2/c1-4-12-6-5-11(2)9(8-12)7-10(13)14-3/h9H,4-8H2,1-3H3. The average molecular weight is 200 g/mol. The summed E-state index contributed by atoms with van der Waals surface area (Å²) in [6, 6.07) is 0.316. The average Bonchev–Trinajstić information content (AvgIpc) is 2.21. The van der Waals surface area contributed by atoms with E-state index in [2.05, 4.69) is 28.5 Å². The minimum atomic E-state index is -0.111. The van der Waals surface area contributed by atoms with Crippen LogP contribution < -0.4 is 0 Å². The fourth-order valence-electron chi connectivity index (χ4n) is 1.79. The molecule has 0 aromatic rings. The molecule has 0 spiro atoms. The molecule has 1 heterocycles. The molecule has 1 rings (SSSR count). The molecule has 1 aliphatic rings. The molecular weight excluding hydrogens is 180 g/mol. The molecule has 1 unspecified atom stereocenters. The maximum absolute atomic E-state index is 11.2. The van der Waals surface area contributed by atoms with E-state index >= 15 is 0 Å². The maximum Gasteiger partial charge on any atom is 0.307 e. The van der Waals surface area contributed by atoms with E-state index in [0.717, 1.165) is 26.2 Å². The maximum atomic E-state index is 11.2. The van der Waals surface area contributed by atoms with E-state index in [-0.39, 0.29) is 5.97 Å². The van der Waals surface area contributed by atoms with E-state index in [9.17, 15) is 4.79 Å². The van der Waals surface area contributed by atoms with E-state index in [4.69, 9.17) is 0 Å². The van der Waals surface area contributed by atoms with Gasteiger partial charge in [0.05, 0.1) is 13.5 Å². The number of piperazine rings is 1. The van der Waals surface area contributed by atoms with Crippen molar-refractivity contribution < 1.29 is 9.53 Å². The summed E-state index contributed by atoms with van der Waals surface area (Å²) in [5, 5.41) is 0. The summed E-state index contributed by atoms with van der Waals surface area (Å²) in [6.07, 6.45) is 0.503. The molecule has 0 N–H and O–H groups in total. The lowest BCUT2D eigenvalue weighted by Crippen LogP contribution is -2.51. The number of ether oxygens (including phenoxy) is 1. The number of methoxy groups -OCH3 is 1. The van der Waals surface area contributed by atoms with Gasteiger partial charge in [0.15, 0.2) is 0 Å². The number of carbonyl (C=O) groups excluding carboxylic acids is 1. The van der Waals surface area contributed by atoms with Gasteiger partial charge in [0.1, 0.15) is 0 Å². The van der Waals surface area contributed by atoms with Crippen molar-refractivity contribution in [2.45, 2.75) is 19.4 Å². The Kier molecular flexibility index (Phi) is 4.35. The molecule has 14 heavy (non-hydrogen) atoms. The van der Waals surface area contributed by atoms with E-state index < -0.39 is 0 Å². The second-order valence-corrected chi connectivity index (χ2v) is 3.81. The zero-order valence-electron chi connectivity index (χ0n) is 9.32. The Balaban J connectivity index is 2.44. The van der Waals surface area contributed by atoms with Crippen LogP contribution in [0.25, 0.3) is 0 Å². The predicted octanol–water partition coefficient (Wildman–Crippen LogP) is 0.185. The lowest BCUT2D eigenvalue weighted by Gasteiger charge is -2.38. The summed E-state index contributed by atoms with van der Waals surface area (Å²) >= 11 is 0. The molecule has 0 amide bonds. The highest BCUT2D eigenvalue weighted by Crippen LogP contribution is 2.11. The highest BCUT2D eigenvalue weighted by Gasteiger charge is 2.25. The summed E-state index contributed by atoms with van der Waals surface area (Å²) in [7, 11) is 3.52. The van der Waals surface area contributed by atoms with Crippen LogP contribution in [0.4, 0.5) is 0 Å². The van der Waals surface area contributed by atoms with Crippen LogP contribution in [0.15, 0.2) is 0 Å². The lowest BCUT2D eigenvalue weighted by molar-refractivity contribution is -0.142. The third-order valence-corrected chi connectivity index (χ3v) is 2.94. The number of nitrogens with zero attached hydrogens (tertiary/aromatic N) is 2. The third kappa shape index (κ3) is 2.96. The zero-order chi connectivity index (χ0) is 10.6. The van der Waals surface area contributed by atoms with Crippen LogP contribution in [-0.2, 0) is 9.53 Å². The first kappa shape index (κ1) is 11.5. The molecule has 1 saturated heterocycles. The smallest absolute Gasteiger partial charge is 0.307 e. The molecule has 0 aliphatic carbocycles. The van der Waals surface area contributed by atoms with Crippen molar-refractivity contribution in [3.05, 3.63) is 0 Å². The highest BCUT2D eigenvalue weighted by molar-refractivity contribution is 5.69. The van der Waals surface area contributed by atoms with Crippen LogP contribution in [0, 0.1) is 0 Å². The summed E-state index contributed by atoms with van der Waals surface area (Å²) in [5.74, 6) is -0.111. The lowest BCUT2D eigenvalue weighted by atomic mass is 10.1. The summed E-state index contributed by atoms with van der Waals surface area (Å²) in [4.78, 5) is 15.8. The highest BCUT2D eigenvalue weighted by atomic mass is 16.5. The fraction of sp³-hybridized carbons (Fsp3) is 0.900. The van der Waals surface area contributed by atoms with E-state index in [0.29, 0.717) is 12.5 Å². The topological polar surface area (TPSA) is 32.8 Å². The van der Waals surface area contributed by atoms with Crippen LogP contribution in [0.5, 0.6) is 0 Å². The van der Waals surface area contributed by atoms with Crippen molar-refractivity contribution in [1.29, 1.82) is 0 Å². The summed E-state index contributed by atoms with van der Waals surface area (Å²) in [5.41, 5.74) is 0. The van der Waals surface area contributed by atoms with Crippen molar-refractivity contribution in [3.63, 3.8) is 0 Å². The largest absolute Gasteiger partial charge is 0.469 e. The number of rotatable bonds is 3. The second-order valence-electron chi connectivity index (χ2n) is 3.81. The van der Waals surface area contributed by atoms with Crippen LogP contribution in [0.3, 0.4) is 0 Å². The van der Waals surface area contributed by atoms with Crippen molar-refractivity contribution >= 4 is 5.97 Å². The first-order chi connectivity index (χ1) is 6.67. The summed E-state index contributed by atoms with van der Waals surface area (Å²) < 4.78 is 4.69. The monoisotopic (exact) mass is 200 g/mol. The van der Waals surface area contributed by atoms with Gasteiger partial charge in [-0.05, 0) is 13.6 Å². The summed E-state index contributed by atoms with van der Waals surface area (Å²) in [6.45, 7) is 6.33. The Morgan fingerprint density at radius 3 is 2.79 bits per heavy atom. The fourth-order valence-corrected chi connectivity index (χ4v) is 1.79. The van der Waals surface area contributed by atoms with Crippen molar-refractivity contribution in [2.24, 2.45) is 0 Å². The van der Waals surface area contributed by atoms with Gasteiger partial charge in [-0.15, -0.1) is 0 Å². The van der Waals surface area contributed by atoms with Gasteiger partial charge in [-0.1, -0.05) is 6.92 Å². The Hall–Kier alpha value is -0.610. The van der Waals surface area contributed by atoms with Crippen LogP contribution in [-0.4, -0.2) is 62.1 Å². The minimum Gasteiger partial charge on any atom is -0.469 e. The molecule has 0 radical (unpaired) electrons. The van der Waals surface area contributed by atoms with Crippen LogP contribution in [0.2, 0.25) is 0 Å². The molecule has 0 bridgehead atoms. The number of likely N-dealkylation sites (N-methyl/N-ethyl adjacent to an activating group) is 2. The molecular formula is C10H20N2O2. The Labute approximate surface area is 85.8 Å². The van der Waals surface area contributed by atoms with Gasteiger partial charge >= 0.3 is 5.97 Å². The van der Waals surface area contributed by atoms with Gasteiger partial charge in [-0.2, -0.15) is 0 Å². The number of esters is 1. The quantitative estimate of drug-likeness (QED) is 0.609.